The molecule has 5 nitrogen and oxygen atoms in total. The Kier molecular flexibility index (Phi) is 4.96. The molecule has 5 rings (SSSR count). The number of hydrogen-bond acceptors (Lipinski definition) is 5. The van der Waals surface area contributed by atoms with E-state index in [1.165, 1.54) is 11.1 Å². The van der Waals surface area contributed by atoms with E-state index < -0.39 is 5.79 Å². The van der Waals surface area contributed by atoms with E-state index in [-0.39, 0.29) is 40.8 Å². The topological polar surface area (TPSA) is 61.8 Å². The zero-order chi connectivity index (χ0) is 22.9. The smallest absolute Gasteiger partial charge is 0.338 e. The number of esters is 1. The maximum absolute atomic E-state index is 13.1. The maximum atomic E-state index is 13.1. The second-order valence-corrected chi connectivity index (χ2v) is 11.0. The number of benzene rings is 1. The molecule has 2 saturated heterocycles. The van der Waals surface area contributed by atoms with Gasteiger partial charge < -0.3 is 14.2 Å². The molecule has 1 aromatic rings. The molecule has 2 aliphatic carbocycles. The standard InChI is InChI=1S/C27H34O5/c1-16(2)22-19(28)14-25(3)11-12-26(4)18(23(22)25)13-20-21(15-27(26,30-5)32-20)31-24(29)17-9-7-6-8-10-17/h6-10,16,20-22H,11-15H2,1-5H3/t20-,21+,22-,25+,26-,27-/m1/s1. The second-order valence-electron chi connectivity index (χ2n) is 11.0. The van der Waals surface area contributed by atoms with Gasteiger partial charge in [-0.15, -0.1) is 0 Å². The zero-order valence-electron chi connectivity index (χ0n) is 19.8. The van der Waals surface area contributed by atoms with E-state index in [2.05, 4.69) is 27.7 Å². The van der Waals surface area contributed by atoms with Gasteiger partial charge in [0.15, 0.2) is 5.79 Å². The molecule has 2 heterocycles. The molecule has 1 aromatic carbocycles. The Morgan fingerprint density at radius 3 is 2.53 bits per heavy atom. The molecule has 0 N–H and O–H groups in total. The van der Waals surface area contributed by atoms with E-state index in [0.717, 1.165) is 12.8 Å². The fourth-order valence-corrected chi connectivity index (χ4v) is 7.08. The van der Waals surface area contributed by atoms with Gasteiger partial charge in [-0.25, -0.2) is 4.79 Å². The van der Waals surface area contributed by atoms with Crippen LogP contribution < -0.4 is 0 Å². The van der Waals surface area contributed by atoms with Crippen LogP contribution in [0.15, 0.2) is 41.5 Å². The highest BCUT2D eigenvalue weighted by molar-refractivity contribution is 5.90. The van der Waals surface area contributed by atoms with Crippen molar-refractivity contribution in [1.29, 1.82) is 0 Å². The van der Waals surface area contributed by atoms with Crippen LogP contribution in [0.25, 0.3) is 0 Å². The SMILES string of the molecule is CO[C@@]12C[C@H](OC(=O)c3ccccc3)[C@@H](CC3=C4[C@H](C(C)C)C(=O)C[C@]4(C)CC[C@]31C)O2. The molecule has 0 amide bonds. The van der Waals surface area contributed by atoms with E-state index in [1.54, 1.807) is 19.2 Å². The highest BCUT2D eigenvalue weighted by Gasteiger charge is 2.68. The lowest BCUT2D eigenvalue weighted by Gasteiger charge is -2.55. The van der Waals surface area contributed by atoms with Crippen LogP contribution in [0, 0.1) is 22.7 Å². The van der Waals surface area contributed by atoms with E-state index in [0.29, 0.717) is 30.6 Å². The number of ketones is 1. The Labute approximate surface area is 190 Å². The van der Waals surface area contributed by atoms with E-state index >= 15 is 0 Å². The van der Waals surface area contributed by atoms with Gasteiger partial charge in [0.05, 0.1) is 5.56 Å². The zero-order valence-corrected chi connectivity index (χ0v) is 19.8. The van der Waals surface area contributed by atoms with Crippen LogP contribution in [0.5, 0.6) is 0 Å². The predicted octanol–water partition coefficient (Wildman–Crippen LogP) is 5.10. The summed E-state index contributed by atoms with van der Waals surface area (Å²) in [4.78, 5) is 25.9. The average molecular weight is 439 g/mol. The van der Waals surface area contributed by atoms with Crippen LogP contribution >= 0.6 is 0 Å². The number of allylic oxidation sites excluding steroid dienone is 1. The molecule has 0 unspecified atom stereocenters. The Hall–Kier alpha value is -1.98. The van der Waals surface area contributed by atoms with E-state index in [9.17, 15) is 9.59 Å². The van der Waals surface area contributed by atoms with Crippen molar-refractivity contribution in [3.63, 3.8) is 0 Å². The molecule has 5 heteroatoms. The lowest BCUT2D eigenvalue weighted by atomic mass is 9.57. The molecule has 172 valence electrons. The predicted molar refractivity (Wildman–Crippen MR) is 120 cm³/mol. The lowest BCUT2D eigenvalue weighted by Crippen LogP contribution is -2.55. The molecule has 0 spiro atoms. The Morgan fingerprint density at radius 2 is 1.88 bits per heavy atom. The third-order valence-electron chi connectivity index (χ3n) is 8.78. The number of fused-ring (bicyclic) bond motifs is 5. The summed E-state index contributed by atoms with van der Waals surface area (Å²) in [7, 11) is 1.70. The summed E-state index contributed by atoms with van der Waals surface area (Å²) in [5.74, 6) is -0.573. The van der Waals surface area contributed by atoms with Gasteiger partial charge >= 0.3 is 5.97 Å². The molecule has 0 aromatic heterocycles. The first kappa shape index (κ1) is 21.8. The number of methoxy groups -OCH3 is 1. The minimum absolute atomic E-state index is 0.0358. The minimum atomic E-state index is -0.839. The molecule has 1 saturated carbocycles. The molecule has 3 fully saturated rings. The number of rotatable bonds is 4. The van der Waals surface area contributed by atoms with Crippen LogP contribution in [0.4, 0.5) is 0 Å². The van der Waals surface area contributed by atoms with Gasteiger partial charge in [0, 0.05) is 31.3 Å². The monoisotopic (exact) mass is 438 g/mol. The van der Waals surface area contributed by atoms with Crippen LogP contribution in [-0.2, 0) is 19.0 Å². The van der Waals surface area contributed by atoms with Gasteiger partial charge in [-0.1, -0.05) is 57.0 Å². The number of hydrogen-bond donors (Lipinski definition) is 0. The Bertz CT molecular complexity index is 981. The number of Topliss-reactive ketones (excluding diaryl/α,β-unsaturated/α-hetero) is 1. The largest absolute Gasteiger partial charge is 0.456 e. The Balaban J connectivity index is 1.55. The van der Waals surface area contributed by atoms with Crippen molar-refractivity contribution in [2.75, 3.05) is 7.11 Å². The van der Waals surface area contributed by atoms with Gasteiger partial charge in [-0.2, -0.15) is 0 Å². The quantitative estimate of drug-likeness (QED) is 0.484. The van der Waals surface area contributed by atoms with Crippen LogP contribution in [-0.4, -0.2) is 36.9 Å². The first-order valence-corrected chi connectivity index (χ1v) is 11.9. The molecule has 2 aliphatic heterocycles. The number of carbonyl (C=O) groups is 2. The second kappa shape index (κ2) is 7.26. The van der Waals surface area contributed by atoms with Crippen molar-refractivity contribution in [3.05, 3.63) is 47.0 Å². The Morgan fingerprint density at radius 1 is 1.16 bits per heavy atom. The summed E-state index contributed by atoms with van der Waals surface area (Å²) in [5, 5.41) is 0. The molecular weight excluding hydrogens is 404 g/mol. The van der Waals surface area contributed by atoms with Crippen molar-refractivity contribution in [3.8, 4) is 0 Å². The first-order valence-electron chi connectivity index (χ1n) is 11.9. The van der Waals surface area contributed by atoms with Gasteiger partial charge in [0.2, 0.25) is 0 Å². The number of carbonyl (C=O) groups excluding carboxylic acids is 2. The molecule has 6 atom stereocenters. The molecule has 0 radical (unpaired) electrons. The summed E-state index contributed by atoms with van der Waals surface area (Å²) in [6.07, 6.45) is 3.05. The van der Waals surface area contributed by atoms with Gasteiger partial charge in [-0.3, -0.25) is 4.79 Å². The van der Waals surface area contributed by atoms with Crippen molar-refractivity contribution in [2.24, 2.45) is 22.7 Å². The normalized spacial score (nSPS) is 40.4. The van der Waals surface area contributed by atoms with Crippen molar-refractivity contribution >= 4 is 11.8 Å². The third-order valence-corrected chi connectivity index (χ3v) is 8.78. The van der Waals surface area contributed by atoms with Crippen LogP contribution in [0.3, 0.4) is 0 Å². The maximum Gasteiger partial charge on any atom is 0.338 e. The minimum Gasteiger partial charge on any atom is -0.456 e. The third kappa shape index (κ3) is 2.90. The summed E-state index contributed by atoms with van der Waals surface area (Å²) in [6, 6.07) is 9.09. The first-order chi connectivity index (χ1) is 15.1. The van der Waals surface area contributed by atoms with Crippen LogP contribution in [0.2, 0.25) is 0 Å². The molecule has 4 aliphatic rings. The van der Waals surface area contributed by atoms with Crippen molar-refractivity contribution in [2.45, 2.75) is 77.8 Å². The van der Waals surface area contributed by atoms with Gasteiger partial charge in [0.25, 0.3) is 0 Å². The molecule has 2 bridgehead atoms. The fraction of sp³-hybridized carbons (Fsp3) is 0.630. The summed E-state index contributed by atoms with van der Waals surface area (Å²) in [6.45, 7) is 8.80. The van der Waals surface area contributed by atoms with E-state index in [4.69, 9.17) is 14.2 Å². The fourth-order valence-electron chi connectivity index (χ4n) is 7.08. The van der Waals surface area contributed by atoms with E-state index in [1.807, 2.05) is 18.2 Å². The van der Waals surface area contributed by atoms with Crippen molar-refractivity contribution in [1.82, 2.24) is 0 Å². The highest BCUT2D eigenvalue weighted by Crippen LogP contribution is 2.67. The van der Waals surface area contributed by atoms with Gasteiger partial charge in [0.1, 0.15) is 18.0 Å². The van der Waals surface area contributed by atoms with Gasteiger partial charge in [-0.05, 0) is 42.7 Å². The summed E-state index contributed by atoms with van der Waals surface area (Å²) in [5.41, 5.74) is 2.78. The average Bonchev–Trinajstić information content (AvgIpc) is 3.23. The summed E-state index contributed by atoms with van der Waals surface area (Å²) < 4.78 is 18.7. The molecular formula is C27H34O5. The highest BCUT2D eigenvalue weighted by atomic mass is 16.7. The van der Waals surface area contributed by atoms with Crippen molar-refractivity contribution < 1.29 is 23.8 Å². The lowest BCUT2D eigenvalue weighted by molar-refractivity contribution is -0.283. The molecule has 32 heavy (non-hydrogen) atoms. The van der Waals surface area contributed by atoms with Crippen LogP contribution in [0.1, 0.15) is 70.2 Å². The number of ether oxygens (including phenoxy) is 3. The summed E-state index contributed by atoms with van der Waals surface area (Å²) >= 11 is 0.